The van der Waals surface area contributed by atoms with Crippen LogP contribution in [0.5, 0.6) is 0 Å². The van der Waals surface area contributed by atoms with E-state index in [9.17, 15) is 4.79 Å². The van der Waals surface area contributed by atoms with Gasteiger partial charge in [-0.2, -0.15) is 0 Å². The maximum Gasteiger partial charge on any atom is 0.273 e. The van der Waals surface area contributed by atoms with Gasteiger partial charge in [0, 0.05) is 31.7 Å². The third kappa shape index (κ3) is 6.20. The molecule has 168 valence electrons. The van der Waals surface area contributed by atoms with E-state index in [1.165, 1.54) is 0 Å². The van der Waals surface area contributed by atoms with E-state index >= 15 is 0 Å². The first-order valence-corrected chi connectivity index (χ1v) is 11.0. The van der Waals surface area contributed by atoms with Crippen molar-refractivity contribution < 1.29 is 14.3 Å². The number of aryl methyl sites for hydroxylation is 1. The molecule has 6 nitrogen and oxygen atoms in total. The number of likely N-dealkylation sites (N-methyl/N-ethyl adjacent to an activating group) is 1. The van der Waals surface area contributed by atoms with Gasteiger partial charge in [0.25, 0.3) is 5.91 Å². The van der Waals surface area contributed by atoms with Crippen LogP contribution in [0.1, 0.15) is 37.3 Å². The Hall–Kier alpha value is -2.60. The molecule has 1 fully saturated rings. The van der Waals surface area contributed by atoms with Gasteiger partial charge in [-0.05, 0) is 75.4 Å². The van der Waals surface area contributed by atoms with Crippen molar-refractivity contribution in [1.82, 2.24) is 15.1 Å². The molecule has 0 unspecified atom stereocenters. The first-order chi connectivity index (χ1) is 14.7. The fraction of sp³-hybridized carbons (Fsp3) is 0.458. The second-order valence-electron chi connectivity index (χ2n) is 8.35. The number of amides is 1. The third-order valence-corrected chi connectivity index (χ3v) is 6.02. The van der Waals surface area contributed by atoms with Crippen molar-refractivity contribution in [2.45, 2.75) is 39.7 Å². The smallest absolute Gasteiger partial charge is 0.273 e. The van der Waals surface area contributed by atoms with Crippen molar-refractivity contribution in [3.8, 4) is 0 Å². The van der Waals surface area contributed by atoms with E-state index in [1.54, 1.807) is 11.8 Å². The van der Waals surface area contributed by atoms with E-state index in [2.05, 4.69) is 29.4 Å². The van der Waals surface area contributed by atoms with Crippen molar-refractivity contribution in [2.24, 2.45) is 5.92 Å². The lowest BCUT2D eigenvalue weighted by Crippen LogP contribution is -2.36. The number of benzene rings is 1. The molecule has 1 aromatic rings. The Balaban J connectivity index is 1.39. The molecule has 31 heavy (non-hydrogen) atoms. The monoisotopic (exact) mass is 445 g/mol. The lowest BCUT2D eigenvalue weighted by atomic mass is 9.93. The standard InChI is InChI=1S/C24H32ClN3O3/c1-16-12-21(14-22(25)13-16)15-30-19(4)28-10-7-20(8-11-28)6-9-27(5)24(29)23-17(2)31-18(3)26-23/h12-14,20,26H,3-4,6-11,15H2,1-2,5H3. The molecule has 3 rings (SSSR count). The minimum atomic E-state index is -0.0633. The van der Waals surface area contributed by atoms with Gasteiger partial charge in [-0.1, -0.05) is 17.7 Å². The van der Waals surface area contributed by atoms with Crippen molar-refractivity contribution >= 4 is 17.5 Å². The van der Waals surface area contributed by atoms with E-state index in [0.717, 1.165) is 48.5 Å². The first-order valence-electron chi connectivity index (χ1n) is 10.7. The van der Waals surface area contributed by atoms with E-state index in [0.29, 0.717) is 42.3 Å². The molecule has 1 aromatic carbocycles. The van der Waals surface area contributed by atoms with Gasteiger partial charge >= 0.3 is 0 Å². The van der Waals surface area contributed by atoms with Crippen LogP contribution in [0.25, 0.3) is 0 Å². The van der Waals surface area contributed by atoms with Crippen LogP contribution in [0.3, 0.4) is 0 Å². The molecule has 0 bridgehead atoms. The maximum absolute atomic E-state index is 12.6. The summed E-state index contributed by atoms with van der Waals surface area (Å²) in [6.07, 6.45) is 3.08. The highest BCUT2D eigenvalue weighted by Gasteiger charge is 2.26. The van der Waals surface area contributed by atoms with Crippen LogP contribution >= 0.6 is 11.6 Å². The van der Waals surface area contributed by atoms with Gasteiger partial charge in [0.1, 0.15) is 18.1 Å². The number of hydrogen-bond acceptors (Lipinski definition) is 5. The van der Waals surface area contributed by atoms with Crippen LogP contribution in [-0.2, 0) is 20.9 Å². The summed E-state index contributed by atoms with van der Waals surface area (Å²) in [5.74, 6) is 2.19. The lowest BCUT2D eigenvalue weighted by Gasteiger charge is -2.34. The molecule has 0 atom stereocenters. The van der Waals surface area contributed by atoms with Crippen molar-refractivity contribution in [3.63, 3.8) is 0 Å². The maximum atomic E-state index is 12.6. The number of allylic oxidation sites excluding steroid dienone is 1. The molecule has 0 aromatic heterocycles. The number of ether oxygens (including phenoxy) is 2. The molecule has 2 aliphatic rings. The molecule has 0 aliphatic carbocycles. The molecule has 1 N–H and O–H groups in total. The third-order valence-electron chi connectivity index (χ3n) is 5.80. The van der Waals surface area contributed by atoms with Gasteiger partial charge in [0.05, 0.1) is 0 Å². The van der Waals surface area contributed by atoms with Crippen LogP contribution in [0, 0.1) is 12.8 Å². The number of carbonyl (C=O) groups is 1. The van der Waals surface area contributed by atoms with Gasteiger partial charge < -0.3 is 24.6 Å². The molecule has 2 aliphatic heterocycles. The molecule has 2 heterocycles. The number of nitrogens with zero attached hydrogens (tertiary/aromatic N) is 2. The van der Waals surface area contributed by atoms with Crippen molar-refractivity contribution in [1.29, 1.82) is 0 Å². The fourth-order valence-electron chi connectivity index (χ4n) is 3.99. The highest BCUT2D eigenvalue weighted by molar-refractivity contribution is 6.30. The van der Waals surface area contributed by atoms with Crippen LogP contribution < -0.4 is 5.32 Å². The molecule has 0 spiro atoms. The molecule has 7 heteroatoms. The number of hydrogen-bond donors (Lipinski definition) is 1. The predicted molar refractivity (Wildman–Crippen MR) is 123 cm³/mol. The largest absolute Gasteiger partial charge is 0.475 e. The van der Waals surface area contributed by atoms with Gasteiger partial charge in [-0.25, -0.2) is 0 Å². The second kappa shape index (κ2) is 10.1. The highest BCUT2D eigenvalue weighted by atomic mass is 35.5. The minimum absolute atomic E-state index is 0.0633. The van der Waals surface area contributed by atoms with E-state index in [-0.39, 0.29) is 5.91 Å². The van der Waals surface area contributed by atoms with Crippen LogP contribution in [-0.4, -0.2) is 42.4 Å². The number of likely N-dealkylation sites (tertiary alicyclic amines) is 1. The summed E-state index contributed by atoms with van der Waals surface area (Å²) in [5, 5.41) is 3.63. The van der Waals surface area contributed by atoms with Crippen LogP contribution in [0.2, 0.25) is 5.02 Å². The lowest BCUT2D eigenvalue weighted by molar-refractivity contribution is -0.126. The zero-order valence-corrected chi connectivity index (χ0v) is 19.4. The van der Waals surface area contributed by atoms with Gasteiger partial charge in [-0.3, -0.25) is 4.79 Å². The number of rotatable bonds is 8. The van der Waals surface area contributed by atoms with Crippen molar-refractivity contribution in [2.75, 3.05) is 26.7 Å². The average Bonchev–Trinajstić information content (AvgIpc) is 3.07. The SMILES string of the molecule is C=C1NC(C(=O)N(C)CCC2CCN(C(=C)OCc3cc(C)cc(Cl)c3)CC2)=C(C)O1. The van der Waals surface area contributed by atoms with Gasteiger partial charge in [-0.15, -0.1) is 0 Å². The Morgan fingerprint density at radius 2 is 2.03 bits per heavy atom. The Morgan fingerprint density at radius 3 is 2.65 bits per heavy atom. The summed E-state index contributed by atoms with van der Waals surface area (Å²) in [5.41, 5.74) is 2.64. The van der Waals surface area contributed by atoms with Gasteiger partial charge in [0.2, 0.25) is 0 Å². The summed E-state index contributed by atoms with van der Waals surface area (Å²) in [4.78, 5) is 16.5. The molecule has 0 saturated carbocycles. The second-order valence-corrected chi connectivity index (χ2v) is 8.78. The van der Waals surface area contributed by atoms with E-state index in [1.807, 2.05) is 26.1 Å². The first kappa shape index (κ1) is 23.1. The zero-order chi connectivity index (χ0) is 22.5. The normalized spacial score (nSPS) is 16.8. The molecular formula is C24H32ClN3O3. The van der Waals surface area contributed by atoms with Crippen molar-refractivity contribution in [3.05, 3.63) is 70.7 Å². The predicted octanol–water partition coefficient (Wildman–Crippen LogP) is 4.52. The van der Waals surface area contributed by atoms with Crippen LogP contribution in [0.4, 0.5) is 0 Å². The topological polar surface area (TPSA) is 54.0 Å². The molecule has 1 amide bonds. The summed E-state index contributed by atoms with van der Waals surface area (Å²) >= 11 is 6.12. The number of nitrogens with one attached hydrogen (secondary N) is 1. The quantitative estimate of drug-likeness (QED) is 0.596. The van der Waals surface area contributed by atoms with E-state index < -0.39 is 0 Å². The summed E-state index contributed by atoms with van der Waals surface area (Å²) in [7, 11) is 1.83. The molecule has 0 radical (unpaired) electrons. The summed E-state index contributed by atoms with van der Waals surface area (Å²) in [6.45, 7) is 14.6. The Kier molecular flexibility index (Phi) is 7.55. The zero-order valence-electron chi connectivity index (χ0n) is 18.7. The fourth-order valence-corrected chi connectivity index (χ4v) is 4.30. The molecular weight excluding hydrogens is 414 g/mol. The highest BCUT2D eigenvalue weighted by Crippen LogP contribution is 2.25. The summed E-state index contributed by atoms with van der Waals surface area (Å²) in [6, 6.07) is 5.93. The Morgan fingerprint density at radius 1 is 1.32 bits per heavy atom. The van der Waals surface area contributed by atoms with E-state index in [4.69, 9.17) is 21.1 Å². The average molecular weight is 446 g/mol. The minimum Gasteiger partial charge on any atom is -0.475 e. The molecule has 1 saturated heterocycles. The Labute approximate surface area is 190 Å². The number of carbonyl (C=O) groups excluding carboxylic acids is 1. The number of halogens is 1. The van der Waals surface area contributed by atoms with Crippen LogP contribution in [0.15, 0.2) is 54.6 Å². The van der Waals surface area contributed by atoms with Gasteiger partial charge in [0.15, 0.2) is 11.8 Å². The Bertz CT molecular complexity index is 868. The summed E-state index contributed by atoms with van der Waals surface area (Å²) < 4.78 is 11.2. The number of piperidine rings is 1.